The lowest BCUT2D eigenvalue weighted by molar-refractivity contribution is 0.185. The molecule has 7 heteroatoms. The van der Waals surface area contributed by atoms with Crippen molar-refractivity contribution in [2.24, 2.45) is 4.99 Å². The highest BCUT2D eigenvalue weighted by atomic mass is 127. The Bertz CT molecular complexity index is 879. The van der Waals surface area contributed by atoms with E-state index < -0.39 is 0 Å². The molecule has 0 aliphatic heterocycles. The molecule has 29 heavy (non-hydrogen) atoms. The molecule has 0 unspecified atom stereocenters. The Kier molecular flexibility index (Phi) is 9.66. The first-order valence-electron chi connectivity index (χ1n) is 9.37. The van der Waals surface area contributed by atoms with E-state index in [4.69, 9.17) is 9.15 Å². The van der Waals surface area contributed by atoms with E-state index in [1.54, 1.807) is 13.4 Å². The molecule has 2 aromatic carbocycles. The zero-order valence-corrected chi connectivity index (χ0v) is 19.1. The minimum absolute atomic E-state index is 0. The third-order valence-electron chi connectivity index (χ3n) is 4.11. The second-order valence-electron chi connectivity index (χ2n) is 6.31. The SMILES string of the molecule is CCNC(=NCc1ccc(COC)cc1)NCc1coc(-c2ccccc2)n1.I. The molecule has 0 saturated heterocycles. The van der Waals surface area contributed by atoms with Gasteiger partial charge in [0.05, 0.1) is 25.4 Å². The van der Waals surface area contributed by atoms with Crippen molar-refractivity contribution in [1.29, 1.82) is 0 Å². The molecule has 6 nitrogen and oxygen atoms in total. The Labute approximate surface area is 188 Å². The van der Waals surface area contributed by atoms with E-state index in [1.807, 2.05) is 37.3 Å². The molecular formula is C22H27IN4O2. The molecular weight excluding hydrogens is 479 g/mol. The van der Waals surface area contributed by atoms with E-state index >= 15 is 0 Å². The maximum absolute atomic E-state index is 5.58. The second-order valence-corrected chi connectivity index (χ2v) is 6.31. The molecule has 0 amide bonds. The van der Waals surface area contributed by atoms with E-state index in [9.17, 15) is 0 Å². The number of benzene rings is 2. The van der Waals surface area contributed by atoms with Crippen LogP contribution in [-0.4, -0.2) is 24.6 Å². The number of aliphatic imine (C=N–C) groups is 1. The fourth-order valence-corrected chi connectivity index (χ4v) is 2.70. The van der Waals surface area contributed by atoms with Gasteiger partial charge in [0.2, 0.25) is 5.89 Å². The van der Waals surface area contributed by atoms with Gasteiger partial charge in [0, 0.05) is 19.2 Å². The first kappa shape index (κ1) is 22.9. The first-order valence-corrected chi connectivity index (χ1v) is 9.37. The first-order chi connectivity index (χ1) is 13.8. The molecule has 0 saturated carbocycles. The maximum Gasteiger partial charge on any atom is 0.226 e. The predicted molar refractivity (Wildman–Crippen MR) is 126 cm³/mol. The Balaban J connectivity index is 0.00000300. The summed E-state index contributed by atoms with van der Waals surface area (Å²) in [6.45, 7) is 4.58. The Hall–Kier alpha value is -2.39. The fourth-order valence-electron chi connectivity index (χ4n) is 2.70. The van der Waals surface area contributed by atoms with Crippen LogP contribution >= 0.6 is 24.0 Å². The standard InChI is InChI=1S/C22H26N4O2.HI/c1-3-23-22(24-13-17-9-11-18(12-10-17)15-27-2)25-14-20-16-28-21(26-20)19-7-5-4-6-8-19;/h4-12,16H,3,13-15H2,1-2H3,(H2,23,24,25);1H. The van der Waals surface area contributed by atoms with Gasteiger partial charge in [-0.2, -0.15) is 0 Å². The second kappa shape index (κ2) is 12.2. The molecule has 0 spiro atoms. The molecule has 3 rings (SSSR count). The Morgan fingerprint density at radius 3 is 2.45 bits per heavy atom. The Morgan fingerprint density at radius 2 is 1.76 bits per heavy atom. The van der Waals surface area contributed by atoms with Crippen molar-refractivity contribution in [2.75, 3.05) is 13.7 Å². The quantitative estimate of drug-likeness (QED) is 0.270. The topological polar surface area (TPSA) is 71.7 Å². The lowest BCUT2D eigenvalue weighted by atomic mass is 10.1. The number of oxazole rings is 1. The van der Waals surface area contributed by atoms with Gasteiger partial charge in [0.1, 0.15) is 6.26 Å². The van der Waals surface area contributed by atoms with Crippen molar-refractivity contribution < 1.29 is 9.15 Å². The van der Waals surface area contributed by atoms with E-state index in [0.717, 1.165) is 34.9 Å². The van der Waals surface area contributed by atoms with Gasteiger partial charge in [-0.3, -0.25) is 0 Å². The number of hydrogen-bond donors (Lipinski definition) is 2. The van der Waals surface area contributed by atoms with Crippen LogP contribution in [-0.2, 0) is 24.4 Å². The molecule has 0 radical (unpaired) electrons. The van der Waals surface area contributed by atoms with Crippen molar-refractivity contribution >= 4 is 29.9 Å². The van der Waals surface area contributed by atoms with Crippen molar-refractivity contribution in [2.45, 2.75) is 26.6 Å². The summed E-state index contributed by atoms with van der Waals surface area (Å²) in [6.07, 6.45) is 1.67. The number of nitrogens with one attached hydrogen (secondary N) is 2. The van der Waals surface area contributed by atoms with Gasteiger partial charge in [-0.1, -0.05) is 42.5 Å². The van der Waals surface area contributed by atoms with Crippen molar-refractivity contribution in [3.63, 3.8) is 0 Å². The monoisotopic (exact) mass is 506 g/mol. The molecule has 1 heterocycles. The number of aromatic nitrogens is 1. The third kappa shape index (κ3) is 7.17. The van der Waals surface area contributed by atoms with Gasteiger partial charge >= 0.3 is 0 Å². The molecule has 2 N–H and O–H groups in total. The highest BCUT2D eigenvalue weighted by Crippen LogP contribution is 2.17. The molecule has 0 aliphatic carbocycles. The lowest BCUT2D eigenvalue weighted by Gasteiger charge is -2.10. The van der Waals surface area contributed by atoms with Crippen LogP contribution in [0.25, 0.3) is 11.5 Å². The van der Waals surface area contributed by atoms with Crippen molar-refractivity contribution in [3.05, 3.63) is 77.7 Å². The van der Waals surface area contributed by atoms with E-state index in [-0.39, 0.29) is 24.0 Å². The van der Waals surface area contributed by atoms with Crippen LogP contribution in [0.2, 0.25) is 0 Å². The van der Waals surface area contributed by atoms with Gasteiger partial charge in [0.15, 0.2) is 5.96 Å². The summed E-state index contributed by atoms with van der Waals surface area (Å²) in [7, 11) is 1.70. The summed E-state index contributed by atoms with van der Waals surface area (Å²) >= 11 is 0. The number of halogens is 1. The van der Waals surface area contributed by atoms with E-state index in [0.29, 0.717) is 25.6 Å². The molecule has 0 atom stereocenters. The zero-order chi connectivity index (χ0) is 19.6. The van der Waals surface area contributed by atoms with Crippen LogP contribution in [0.15, 0.2) is 70.3 Å². The summed E-state index contributed by atoms with van der Waals surface area (Å²) < 4.78 is 10.7. The van der Waals surface area contributed by atoms with Gasteiger partial charge in [-0.15, -0.1) is 24.0 Å². The molecule has 0 fully saturated rings. The van der Waals surface area contributed by atoms with Gasteiger partial charge in [0.25, 0.3) is 0 Å². The number of methoxy groups -OCH3 is 1. The Morgan fingerprint density at radius 1 is 1.03 bits per heavy atom. The normalized spacial score (nSPS) is 11.0. The summed E-state index contributed by atoms with van der Waals surface area (Å²) in [4.78, 5) is 9.18. The van der Waals surface area contributed by atoms with Crippen LogP contribution < -0.4 is 10.6 Å². The molecule has 154 valence electrons. The number of hydrogen-bond acceptors (Lipinski definition) is 4. The summed E-state index contributed by atoms with van der Waals surface area (Å²) in [5.41, 5.74) is 4.09. The minimum Gasteiger partial charge on any atom is -0.444 e. The van der Waals surface area contributed by atoms with Gasteiger partial charge in [-0.05, 0) is 30.2 Å². The average molecular weight is 506 g/mol. The predicted octanol–water partition coefficient (Wildman–Crippen LogP) is 4.36. The number of guanidine groups is 1. The van der Waals surface area contributed by atoms with Crippen molar-refractivity contribution in [3.8, 4) is 11.5 Å². The number of nitrogens with zero attached hydrogens (tertiary/aromatic N) is 2. The maximum atomic E-state index is 5.58. The molecule has 0 aliphatic rings. The lowest BCUT2D eigenvalue weighted by Crippen LogP contribution is -2.36. The highest BCUT2D eigenvalue weighted by Gasteiger charge is 2.07. The van der Waals surface area contributed by atoms with Crippen LogP contribution in [0, 0.1) is 0 Å². The van der Waals surface area contributed by atoms with E-state index in [2.05, 4.69) is 44.9 Å². The molecule has 1 aromatic heterocycles. The summed E-state index contributed by atoms with van der Waals surface area (Å²) in [6, 6.07) is 18.1. The average Bonchev–Trinajstić information content (AvgIpc) is 3.21. The minimum atomic E-state index is 0. The van der Waals surface area contributed by atoms with Crippen LogP contribution in [0.5, 0.6) is 0 Å². The van der Waals surface area contributed by atoms with Gasteiger partial charge in [-0.25, -0.2) is 9.98 Å². The van der Waals surface area contributed by atoms with Crippen LogP contribution in [0.3, 0.4) is 0 Å². The number of ether oxygens (including phenoxy) is 1. The highest BCUT2D eigenvalue weighted by molar-refractivity contribution is 14.0. The third-order valence-corrected chi connectivity index (χ3v) is 4.11. The van der Waals surface area contributed by atoms with Crippen LogP contribution in [0.1, 0.15) is 23.7 Å². The molecule has 0 bridgehead atoms. The number of rotatable bonds is 8. The van der Waals surface area contributed by atoms with Gasteiger partial charge < -0.3 is 19.8 Å². The summed E-state index contributed by atoms with van der Waals surface area (Å²) in [5.74, 6) is 1.36. The largest absolute Gasteiger partial charge is 0.444 e. The summed E-state index contributed by atoms with van der Waals surface area (Å²) in [5, 5.41) is 6.55. The fraction of sp³-hybridized carbons (Fsp3) is 0.273. The van der Waals surface area contributed by atoms with Crippen molar-refractivity contribution in [1.82, 2.24) is 15.6 Å². The van der Waals surface area contributed by atoms with E-state index in [1.165, 1.54) is 0 Å². The zero-order valence-electron chi connectivity index (χ0n) is 16.7. The molecule has 3 aromatic rings. The van der Waals surface area contributed by atoms with Crippen LogP contribution in [0.4, 0.5) is 0 Å². The smallest absolute Gasteiger partial charge is 0.226 e.